The van der Waals surface area contributed by atoms with Gasteiger partial charge in [0.1, 0.15) is 0 Å². The lowest BCUT2D eigenvalue weighted by molar-refractivity contribution is -0.0707. The van der Waals surface area contributed by atoms with Crippen LogP contribution in [0.2, 0.25) is 0 Å². The number of hydrogen-bond acceptors (Lipinski definition) is 3. The molecule has 2 fully saturated rings. The van der Waals surface area contributed by atoms with Gasteiger partial charge in [0.25, 0.3) is 0 Å². The van der Waals surface area contributed by atoms with Crippen molar-refractivity contribution in [3.8, 4) is 0 Å². The van der Waals surface area contributed by atoms with Crippen molar-refractivity contribution >= 4 is 15.9 Å². The highest BCUT2D eigenvalue weighted by Gasteiger charge is 2.42. The number of likely N-dealkylation sites (N-methyl/N-ethyl adjacent to an activating group) is 1. The van der Waals surface area contributed by atoms with Gasteiger partial charge >= 0.3 is 0 Å². The maximum Gasteiger partial charge on any atom is 0.0586 e. The molecule has 0 saturated carbocycles. The normalized spacial score (nSPS) is 26.9. The number of ether oxygens (including phenoxy) is 1. The van der Waals surface area contributed by atoms with Crippen LogP contribution in [0.1, 0.15) is 12.0 Å². The van der Waals surface area contributed by atoms with Crippen LogP contribution in [0.3, 0.4) is 0 Å². The topological polar surface area (TPSA) is 24.5 Å². The predicted molar refractivity (Wildman–Crippen MR) is 80.5 cm³/mol. The van der Waals surface area contributed by atoms with Gasteiger partial charge < -0.3 is 15.0 Å². The molecule has 1 N–H and O–H groups in total. The summed E-state index contributed by atoms with van der Waals surface area (Å²) in [7, 11) is 2.21. The maximum absolute atomic E-state index is 5.54. The minimum Gasteiger partial charge on any atom is -0.379 e. The third kappa shape index (κ3) is 2.87. The van der Waals surface area contributed by atoms with E-state index in [1.54, 1.807) is 0 Å². The summed E-state index contributed by atoms with van der Waals surface area (Å²) < 4.78 is 6.70. The molecule has 2 aliphatic heterocycles. The summed E-state index contributed by atoms with van der Waals surface area (Å²) >= 11 is 3.58. The van der Waals surface area contributed by atoms with E-state index < -0.39 is 0 Å². The average molecular weight is 325 g/mol. The van der Waals surface area contributed by atoms with Crippen molar-refractivity contribution in [1.29, 1.82) is 0 Å². The molecule has 0 amide bonds. The predicted octanol–water partition coefficient (Wildman–Crippen LogP) is 2.01. The molecule has 0 bridgehead atoms. The van der Waals surface area contributed by atoms with Crippen LogP contribution in [0.15, 0.2) is 28.7 Å². The first-order valence-corrected chi connectivity index (χ1v) is 7.73. The monoisotopic (exact) mass is 324 g/mol. The standard InChI is InChI=1S/C15H21BrN2O/c1-18-6-5-17-14(9-18)8-15(10-19-11-15)12-3-2-4-13(16)7-12/h2-4,7,14,17H,5-6,8-11H2,1H3. The van der Waals surface area contributed by atoms with Crippen LogP contribution in [0.25, 0.3) is 0 Å². The molecule has 3 rings (SSSR count). The molecule has 1 aromatic rings. The van der Waals surface area contributed by atoms with E-state index in [1.165, 1.54) is 5.56 Å². The van der Waals surface area contributed by atoms with Crippen LogP contribution >= 0.6 is 15.9 Å². The van der Waals surface area contributed by atoms with E-state index in [4.69, 9.17) is 4.74 Å². The number of nitrogens with one attached hydrogen (secondary N) is 1. The zero-order valence-electron chi connectivity index (χ0n) is 11.4. The molecule has 0 aromatic heterocycles. The van der Waals surface area contributed by atoms with Gasteiger partial charge in [-0.1, -0.05) is 28.1 Å². The summed E-state index contributed by atoms with van der Waals surface area (Å²) in [6.45, 7) is 5.08. The quantitative estimate of drug-likeness (QED) is 0.920. The summed E-state index contributed by atoms with van der Waals surface area (Å²) in [4.78, 5) is 2.41. The van der Waals surface area contributed by atoms with E-state index >= 15 is 0 Å². The van der Waals surface area contributed by atoms with E-state index in [1.807, 2.05) is 0 Å². The van der Waals surface area contributed by atoms with Crippen molar-refractivity contribution in [3.63, 3.8) is 0 Å². The van der Waals surface area contributed by atoms with Crippen molar-refractivity contribution in [1.82, 2.24) is 10.2 Å². The minimum absolute atomic E-state index is 0.208. The highest BCUT2D eigenvalue weighted by molar-refractivity contribution is 9.10. The molecule has 3 nitrogen and oxygen atoms in total. The largest absolute Gasteiger partial charge is 0.379 e. The van der Waals surface area contributed by atoms with Gasteiger partial charge in [0.05, 0.1) is 13.2 Å². The molecule has 1 aromatic carbocycles. The van der Waals surface area contributed by atoms with Gasteiger partial charge in [0.15, 0.2) is 0 Å². The number of nitrogens with zero attached hydrogens (tertiary/aromatic N) is 1. The molecular weight excluding hydrogens is 304 g/mol. The van der Waals surface area contributed by atoms with Crippen LogP contribution in [-0.4, -0.2) is 50.8 Å². The molecule has 0 spiro atoms. The first-order valence-electron chi connectivity index (χ1n) is 6.94. The molecular formula is C15H21BrN2O. The van der Waals surface area contributed by atoms with E-state index in [2.05, 4.69) is 57.5 Å². The van der Waals surface area contributed by atoms with Crippen LogP contribution in [0, 0.1) is 0 Å². The second-order valence-corrected chi connectivity index (χ2v) is 6.82. The highest BCUT2D eigenvalue weighted by atomic mass is 79.9. The Morgan fingerprint density at radius 2 is 2.32 bits per heavy atom. The second-order valence-electron chi connectivity index (χ2n) is 5.90. The fourth-order valence-corrected chi connectivity index (χ4v) is 3.57. The zero-order valence-corrected chi connectivity index (χ0v) is 12.9. The van der Waals surface area contributed by atoms with Crippen molar-refractivity contribution < 1.29 is 4.74 Å². The summed E-state index contributed by atoms with van der Waals surface area (Å²) in [5.74, 6) is 0. The zero-order chi connectivity index (χ0) is 13.3. The number of hydrogen-bond donors (Lipinski definition) is 1. The van der Waals surface area contributed by atoms with Gasteiger partial charge in [0.2, 0.25) is 0 Å². The molecule has 0 radical (unpaired) electrons. The second kappa shape index (κ2) is 5.52. The van der Waals surface area contributed by atoms with Crippen LogP contribution in [0.5, 0.6) is 0 Å². The Kier molecular flexibility index (Phi) is 3.94. The van der Waals surface area contributed by atoms with Crippen molar-refractivity contribution in [2.24, 2.45) is 0 Å². The fraction of sp³-hybridized carbons (Fsp3) is 0.600. The first kappa shape index (κ1) is 13.6. The lowest BCUT2D eigenvalue weighted by atomic mass is 9.73. The molecule has 2 heterocycles. The van der Waals surface area contributed by atoms with Gasteiger partial charge in [-0.3, -0.25) is 0 Å². The van der Waals surface area contributed by atoms with Crippen LogP contribution in [-0.2, 0) is 10.2 Å². The third-order valence-electron chi connectivity index (χ3n) is 4.29. The van der Waals surface area contributed by atoms with Gasteiger partial charge in [0, 0.05) is 35.6 Å². The first-order chi connectivity index (χ1) is 9.18. The molecule has 1 unspecified atom stereocenters. The van der Waals surface area contributed by atoms with E-state index in [0.29, 0.717) is 6.04 Å². The van der Waals surface area contributed by atoms with Crippen LogP contribution < -0.4 is 5.32 Å². The van der Waals surface area contributed by atoms with Gasteiger partial charge in [-0.15, -0.1) is 0 Å². The Bertz CT molecular complexity index is 448. The molecule has 104 valence electrons. The van der Waals surface area contributed by atoms with Gasteiger partial charge in [-0.05, 0) is 31.2 Å². The number of rotatable bonds is 3. The molecule has 4 heteroatoms. The number of halogens is 1. The summed E-state index contributed by atoms with van der Waals surface area (Å²) in [5, 5.41) is 3.65. The number of benzene rings is 1. The Morgan fingerprint density at radius 1 is 1.47 bits per heavy atom. The van der Waals surface area contributed by atoms with E-state index in [0.717, 1.165) is 43.7 Å². The minimum atomic E-state index is 0.208. The smallest absolute Gasteiger partial charge is 0.0586 e. The Labute approximate surface area is 123 Å². The maximum atomic E-state index is 5.54. The molecule has 19 heavy (non-hydrogen) atoms. The van der Waals surface area contributed by atoms with E-state index in [-0.39, 0.29) is 5.41 Å². The lowest BCUT2D eigenvalue weighted by Crippen LogP contribution is -2.56. The Hall–Kier alpha value is -0.420. The van der Waals surface area contributed by atoms with Crippen molar-refractivity contribution in [2.75, 3.05) is 39.9 Å². The van der Waals surface area contributed by atoms with Crippen molar-refractivity contribution in [2.45, 2.75) is 17.9 Å². The summed E-state index contributed by atoms with van der Waals surface area (Å²) in [5.41, 5.74) is 1.61. The molecule has 1 atom stereocenters. The SMILES string of the molecule is CN1CCNC(CC2(c3cccc(Br)c3)COC2)C1. The number of piperazine rings is 1. The highest BCUT2D eigenvalue weighted by Crippen LogP contribution is 2.38. The van der Waals surface area contributed by atoms with Gasteiger partial charge in [-0.25, -0.2) is 0 Å². The molecule has 2 saturated heterocycles. The third-order valence-corrected chi connectivity index (χ3v) is 4.78. The average Bonchev–Trinajstić information content (AvgIpc) is 2.34. The van der Waals surface area contributed by atoms with E-state index in [9.17, 15) is 0 Å². The molecule has 2 aliphatic rings. The summed E-state index contributed by atoms with van der Waals surface area (Å²) in [6, 6.07) is 9.26. The Balaban J connectivity index is 1.76. The fourth-order valence-electron chi connectivity index (χ4n) is 3.17. The van der Waals surface area contributed by atoms with Gasteiger partial charge in [-0.2, -0.15) is 0 Å². The Morgan fingerprint density at radius 3 is 2.95 bits per heavy atom. The molecule has 0 aliphatic carbocycles. The lowest BCUT2D eigenvalue weighted by Gasteiger charge is -2.46. The van der Waals surface area contributed by atoms with Crippen LogP contribution in [0.4, 0.5) is 0 Å². The summed E-state index contributed by atoms with van der Waals surface area (Å²) in [6.07, 6.45) is 1.16. The van der Waals surface area contributed by atoms with Crippen molar-refractivity contribution in [3.05, 3.63) is 34.3 Å².